The fourth-order valence-electron chi connectivity index (χ4n) is 1.72. The normalized spacial score (nSPS) is 22.7. The molecule has 0 N–H and O–H groups in total. The van der Waals surface area contributed by atoms with Crippen molar-refractivity contribution >= 4 is 0 Å². The second-order valence-corrected chi connectivity index (χ2v) is 4.15. The van der Waals surface area contributed by atoms with Crippen molar-refractivity contribution in [3.63, 3.8) is 0 Å². The van der Waals surface area contributed by atoms with Crippen LogP contribution in [0.4, 0.5) is 0 Å². The maximum atomic E-state index is 5.62. The van der Waals surface area contributed by atoms with Gasteiger partial charge in [-0.25, -0.2) is 0 Å². The number of ether oxygens (including phenoxy) is 1. The van der Waals surface area contributed by atoms with Gasteiger partial charge in [0, 0.05) is 13.2 Å². The summed E-state index contributed by atoms with van der Waals surface area (Å²) in [5, 5.41) is 0. The highest BCUT2D eigenvalue weighted by Gasteiger charge is 2.20. The minimum absolute atomic E-state index is 0.580. The zero-order chi connectivity index (χ0) is 9.68. The van der Waals surface area contributed by atoms with Gasteiger partial charge in [-0.1, -0.05) is 20.4 Å². The van der Waals surface area contributed by atoms with Crippen LogP contribution in [0.2, 0.25) is 0 Å². The molecule has 1 fully saturated rings. The molecule has 0 radical (unpaired) electrons. The average molecular weight is 183 g/mol. The number of likely N-dealkylation sites (tertiary alicyclic amines) is 1. The lowest BCUT2D eigenvalue weighted by Crippen LogP contribution is -2.28. The molecule has 1 saturated heterocycles. The van der Waals surface area contributed by atoms with Crippen LogP contribution in [0.1, 0.15) is 26.7 Å². The summed E-state index contributed by atoms with van der Waals surface area (Å²) in [6.07, 6.45) is 4.47. The molecule has 13 heavy (non-hydrogen) atoms. The highest BCUT2D eigenvalue weighted by molar-refractivity contribution is 4.85. The Hall–Kier alpha value is -0.500. The van der Waals surface area contributed by atoms with Crippen molar-refractivity contribution in [1.82, 2.24) is 4.90 Å². The Morgan fingerprint density at radius 3 is 3.00 bits per heavy atom. The lowest BCUT2D eigenvalue weighted by molar-refractivity contribution is 0.0737. The number of rotatable bonds is 5. The molecule has 0 amide bonds. The van der Waals surface area contributed by atoms with Gasteiger partial charge in [0.15, 0.2) is 0 Å². The summed E-state index contributed by atoms with van der Waals surface area (Å²) < 4.78 is 5.62. The van der Waals surface area contributed by atoms with Crippen molar-refractivity contribution in [3.8, 4) is 0 Å². The van der Waals surface area contributed by atoms with E-state index in [0.717, 1.165) is 19.8 Å². The van der Waals surface area contributed by atoms with Gasteiger partial charge in [-0.15, -0.1) is 0 Å². The van der Waals surface area contributed by atoms with E-state index in [1.54, 1.807) is 0 Å². The Balaban J connectivity index is 2.16. The van der Waals surface area contributed by atoms with Crippen LogP contribution in [0.15, 0.2) is 12.8 Å². The van der Waals surface area contributed by atoms with E-state index >= 15 is 0 Å². The van der Waals surface area contributed by atoms with Gasteiger partial charge in [-0.3, -0.25) is 0 Å². The van der Waals surface area contributed by atoms with Gasteiger partial charge in [0.05, 0.1) is 12.6 Å². The molecule has 0 spiro atoms. The summed E-state index contributed by atoms with van der Waals surface area (Å²) in [5.74, 6) is 0.638. The van der Waals surface area contributed by atoms with E-state index in [1.165, 1.54) is 12.8 Å². The zero-order valence-corrected chi connectivity index (χ0v) is 8.83. The highest BCUT2D eigenvalue weighted by Crippen LogP contribution is 2.17. The van der Waals surface area contributed by atoms with Crippen LogP contribution in [0.3, 0.4) is 0 Å². The molecule has 0 bridgehead atoms. The lowest BCUT2D eigenvalue weighted by atomic mass is 10.2. The third-order valence-corrected chi connectivity index (χ3v) is 2.42. The zero-order valence-electron chi connectivity index (χ0n) is 8.83. The molecule has 0 aromatic rings. The van der Waals surface area contributed by atoms with E-state index in [1.807, 2.05) is 6.20 Å². The summed E-state index contributed by atoms with van der Waals surface area (Å²) in [6.45, 7) is 11.1. The monoisotopic (exact) mass is 183 g/mol. The maximum Gasteiger partial charge on any atom is 0.0669 e. The summed E-state index contributed by atoms with van der Waals surface area (Å²) in [6, 6.07) is 0.580. The van der Waals surface area contributed by atoms with E-state index in [2.05, 4.69) is 25.3 Å². The molecule has 1 unspecified atom stereocenters. The lowest BCUT2D eigenvalue weighted by Gasteiger charge is -2.22. The fraction of sp³-hybridized carbons (Fsp3) is 0.818. The van der Waals surface area contributed by atoms with Crippen molar-refractivity contribution in [1.29, 1.82) is 0 Å². The first-order valence-corrected chi connectivity index (χ1v) is 5.20. The molecule has 76 valence electrons. The molecule has 0 aromatic carbocycles. The predicted molar refractivity (Wildman–Crippen MR) is 55.6 cm³/mol. The molecule has 2 heteroatoms. The van der Waals surface area contributed by atoms with Gasteiger partial charge in [0.2, 0.25) is 0 Å². The minimum Gasteiger partial charge on any atom is -0.379 e. The molecule has 1 aliphatic rings. The number of hydrogen-bond donors (Lipinski definition) is 0. The molecule has 2 nitrogen and oxygen atoms in total. The van der Waals surface area contributed by atoms with E-state index in [9.17, 15) is 0 Å². The maximum absolute atomic E-state index is 5.62. The summed E-state index contributed by atoms with van der Waals surface area (Å²) in [7, 11) is 0. The summed E-state index contributed by atoms with van der Waals surface area (Å²) >= 11 is 0. The topological polar surface area (TPSA) is 12.5 Å². The first-order chi connectivity index (χ1) is 6.24. The van der Waals surface area contributed by atoms with Crippen molar-refractivity contribution in [2.75, 3.05) is 19.8 Å². The first-order valence-electron chi connectivity index (χ1n) is 5.20. The largest absolute Gasteiger partial charge is 0.379 e. The Morgan fingerprint density at radius 2 is 2.38 bits per heavy atom. The van der Waals surface area contributed by atoms with Gasteiger partial charge in [0.25, 0.3) is 0 Å². The molecule has 0 aromatic heterocycles. The van der Waals surface area contributed by atoms with Gasteiger partial charge in [-0.2, -0.15) is 0 Å². The Morgan fingerprint density at radius 1 is 1.62 bits per heavy atom. The average Bonchev–Trinajstić information content (AvgIpc) is 2.51. The Kier molecular flexibility index (Phi) is 4.29. The van der Waals surface area contributed by atoms with E-state index in [-0.39, 0.29) is 0 Å². The first kappa shape index (κ1) is 10.6. The third-order valence-electron chi connectivity index (χ3n) is 2.42. The quantitative estimate of drug-likeness (QED) is 0.648. The van der Waals surface area contributed by atoms with Crippen LogP contribution in [-0.2, 0) is 4.74 Å². The second kappa shape index (κ2) is 5.28. The van der Waals surface area contributed by atoms with E-state index < -0.39 is 0 Å². The molecule has 1 atom stereocenters. The summed E-state index contributed by atoms with van der Waals surface area (Å²) in [5.41, 5.74) is 0. The molecular formula is C11H21NO. The van der Waals surface area contributed by atoms with Crippen LogP contribution >= 0.6 is 0 Å². The van der Waals surface area contributed by atoms with Gasteiger partial charge in [-0.05, 0) is 25.0 Å². The van der Waals surface area contributed by atoms with E-state index in [0.29, 0.717) is 12.0 Å². The van der Waals surface area contributed by atoms with Crippen molar-refractivity contribution in [2.24, 2.45) is 5.92 Å². The highest BCUT2D eigenvalue weighted by atomic mass is 16.5. The number of nitrogens with zero attached hydrogens (tertiary/aromatic N) is 1. The molecule has 1 aliphatic heterocycles. The van der Waals surface area contributed by atoms with Crippen LogP contribution in [0, 0.1) is 5.92 Å². The minimum atomic E-state index is 0.580. The fourth-order valence-corrected chi connectivity index (χ4v) is 1.72. The van der Waals surface area contributed by atoms with Gasteiger partial charge in [0.1, 0.15) is 0 Å². The van der Waals surface area contributed by atoms with Crippen molar-refractivity contribution in [2.45, 2.75) is 32.7 Å². The molecule has 1 heterocycles. The Labute approximate surface area is 81.6 Å². The summed E-state index contributed by atoms with van der Waals surface area (Å²) in [4.78, 5) is 2.29. The SMILES string of the molecule is C=CN1CCCC1COCC(C)C. The van der Waals surface area contributed by atoms with Crippen LogP contribution in [0.5, 0.6) is 0 Å². The van der Waals surface area contributed by atoms with Crippen LogP contribution < -0.4 is 0 Å². The van der Waals surface area contributed by atoms with Gasteiger partial charge >= 0.3 is 0 Å². The third kappa shape index (κ3) is 3.39. The van der Waals surface area contributed by atoms with Crippen LogP contribution in [-0.4, -0.2) is 30.7 Å². The van der Waals surface area contributed by atoms with Crippen molar-refractivity contribution < 1.29 is 4.74 Å². The van der Waals surface area contributed by atoms with Gasteiger partial charge < -0.3 is 9.64 Å². The molecule has 1 rings (SSSR count). The van der Waals surface area contributed by atoms with E-state index in [4.69, 9.17) is 4.74 Å². The predicted octanol–water partition coefficient (Wildman–Crippen LogP) is 2.27. The van der Waals surface area contributed by atoms with Crippen LogP contribution in [0.25, 0.3) is 0 Å². The van der Waals surface area contributed by atoms with Crippen molar-refractivity contribution in [3.05, 3.63) is 12.8 Å². The Bertz CT molecular complexity index is 156. The smallest absolute Gasteiger partial charge is 0.0669 e. The standard InChI is InChI=1S/C11H21NO/c1-4-12-7-5-6-11(12)9-13-8-10(2)3/h4,10-11H,1,5-9H2,2-3H3. The molecule has 0 aliphatic carbocycles. The molecule has 0 saturated carbocycles. The second-order valence-electron chi connectivity index (χ2n) is 4.15. The molecular weight excluding hydrogens is 162 g/mol. The number of hydrogen-bond acceptors (Lipinski definition) is 2.